The number of nitrogens with zero attached hydrogens (tertiary/aromatic N) is 1. The number of hydrazone groups is 1. The van der Waals surface area contributed by atoms with Gasteiger partial charge >= 0.3 is 5.97 Å². The third-order valence-electron chi connectivity index (χ3n) is 6.72. The summed E-state index contributed by atoms with van der Waals surface area (Å²) < 4.78 is 22.9. The van der Waals surface area contributed by atoms with Crippen molar-refractivity contribution in [3.05, 3.63) is 113 Å². The highest BCUT2D eigenvalue weighted by molar-refractivity contribution is 7.80. The molecule has 0 aromatic heterocycles. The summed E-state index contributed by atoms with van der Waals surface area (Å²) in [5.41, 5.74) is 6.66. The molecule has 0 fully saturated rings. The lowest BCUT2D eigenvalue weighted by Crippen LogP contribution is -2.45. The molecule has 1 aliphatic heterocycles. The van der Waals surface area contributed by atoms with Crippen molar-refractivity contribution in [3.63, 3.8) is 0 Å². The van der Waals surface area contributed by atoms with E-state index >= 15 is 0 Å². The second-order valence-corrected chi connectivity index (χ2v) is 10.3. The Morgan fingerprint density at radius 3 is 2.56 bits per heavy atom. The fraction of sp³-hybridized carbons (Fsp3) is 0.235. The smallest absolute Gasteiger partial charge is 0.338 e. The van der Waals surface area contributed by atoms with Crippen LogP contribution in [0.2, 0.25) is 0 Å². The van der Waals surface area contributed by atoms with Gasteiger partial charge in [-0.1, -0.05) is 54.6 Å². The molecule has 1 amide bonds. The first-order chi connectivity index (χ1) is 21.8. The Bertz CT molecular complexity index is 1610. The highest BCUT2D eigenvalue weighted by Crippen LogP contribution is 2.35. The predicted molar refractivity (Wildman–Crippen MR) is 176 cm³/mol. The van der Waals surface area contributed by atoms with E-state index in [9.17, 15) is 9.59 Å². The zero-order valence-electron chi connectivity index (χ0n) is 25.4. The molecule has 234 valence electrons. The van der Waals surface area contributed by atoms with Gasteiger partial charge in [0.25, 0.3) is 5.91 Å². The number of para-hydroxylation sites is 1. The zero-order chi connectivity index (χ0) is 32.2. The highest BCUT2D eigenvalue weighted by atomic mass is 32.1. The maximum Gasteiger partial charge on any atom is 0.338 e. The van der Waals surface area contributed by atoms with Crippen LogP contribution in [0.1, 0.15) is 42.1 Å². The molecule has 1 aliphatic rings. The first kappa shape index (κ1) is 32.7. The lowest BCUT2D eigenvalue weighted by Gasteiger charge is -2.30. The van der Waals surface area contributed by atoms with Crippen molar-refractivity contribution in [3.8, 4) is 17.2 Å². The lowest BCUT2D eigenvalue weighted by molar-refractivity contribution is -0.139. The van der Waals surface area contributed by atoms with Crippen molar-refractivity contribution < 1.29 is 28.5 Å². The summed E-state index contributed by atoms with van der Waals surface area (Å²) in [7, 11) is 1.57. The van der Waals surface area contributed by atoms with E-state index in [2.05, 4.69) is 27.7 Å². The molecular weight excluding hydrogens is 592 g/mol. The zero-order valence-corrected chi connectivity index (χ0v) is 26.2. The molecule has 0 unspecified atom stereocenters. The number of carbonyl (C=O) groups excluding carboxylic acids is 2. The number of hydrogen-bond acceptors (Lipinski definition) is 8. The van der Waals surface area contributed by atoms with Crippen LogP contribution in [0, 0.1) is 0 Å². The average Bonchev–Trinajstić information content (AvgIpc) is 3.03. The third-order valence-corrected chi connectivity index (χ3v) is 6.94. The molecule has 0 spiro atoms. The minimum atomic E-state index is -0.630. The second kappa shape index (κ2) is 16.1. The van der Waals surface area contributed by atoms with Crippen molar-refractivity contribution >= 4 is 35.4 Å². The molecular formula is C34H36N4O6S. The van der Waals surface area contributed by atoms with Gasteiger partial charge in [0.15, 0.2) is 23.2 Å². The van der Waals surface area contributed by atoms with Crippen LogP contribution in [-0.4, -0.2) is 43.5 Å². The largest absolute Gasteiger partial charge is 0.493 e. The van der Waals surface area contributed by atoms with Gasteiger partial charge in [0.1, 0.15) is 12.4 Å². The van der Waals surface area contributed by atoms with Gasteiger partial charge < -0.3 is 29.6 Å². The molecule has 45 heavy (non-hydrogen) atoms. The fourth-order valence-corrected chi connectivity index (χ4v) is 4.99. The normalized spacial score (nSPS) is 14.3. The van der Waals surface area contributed by atoms with Crippen molar-refractivity contribution in [2.45, 2.75) is 32.9 Å². The van der Waals surface area contributed by atoms with Gasteiger partial charge in [-0.3, -0.25) is 4.79 Å². The maximum atomic E-state index is 12.8. The molecule has 3 N–H and O–H groups in total. The summed E-state index contributed by atoms with van der Waals surface area (Å²) in [6.45, 7) is 7.63. The number of hydrogen-bond donors (Lipinski definition) is 3. The average molecular weight is 629 g/mol. The first-order valence-electron chi connectivity index (χ1n) is 14.3. The van der Waals surface area contributed by atoms with Gasteiger partial charge in [0.05, 0.1) is 31.5 Å². The molecule has 0 saturated heterocycles. The van der Waals surface area contributed by atoms with E-state index in [1.54, 1.807) is 51.3 Å². The minimum absolute atomic E-state index is 0.222. The Morgan fingerprint density at radius 1 is 1.07 bits per heavy atom. The lowest BCUT2D eigenvalue weighted by atomic mass is 9.95. The summed E-state index contributed by atoms with van der Waals surface area (Å²) in [5, 5.41) is 10.5. The third kappa shape index (κ3) is 8.70. The van der Waals surface area contributed by atoms with Crippen LogP contribution < -0.4 is 30.3 Å². The van der Waals surface area contributed by atoms with Crippen LogP contribution in [0.5, 0.6) is 17.2 Å². The van der Waals surface area contributed by atoms with Crippen molar-refractivity contribution in [1.29, 1.82) is 0 Å². The summed E-state index contributed by atoms with van der Waals surface area (Å²) in [6.07, 6.45) is 3.84. The number of thiocarbonyl (C=S) groups is 1. The molecule has 0 aliphatic carbocycles. The summed E-state index contributed by atoms with van der Waals surface area (Å²) >= 11 is 5.33. The van der Waals surface area contributed by atoms with Gasteiger partial charge in [-0.25, -0.2) is 10.2 Å². The van der Waals surface area contributed by atoms with Crippen LogP contribution in [0.15, 0.2) is 95.8 Å². The molecule has 3 aromatic rings. The van der Waals surface area contributed by atoms with E-state index in [4.69, 9.17) is 31.2 Å². The summed E-state index contributed by atoms with van der Waals surface area (Å²) in [5.74, 6) is 0.602. The van der Waals surface area contributed by atoms with E-state index in [0.29, 0.717) is 57.8 Å². The van der Waals surface area contributed by atoms with E-state index < -0.39 is 17.9 Å². The predicted octanol–water partition coefficient (Wildman–Crippen LogP) is 4.89. The van der Waals surface area contributed by atoms with Crippen molar-refractivity contribution in [2.75, 3.05) is 20.3 Å². The Hall–Kier alpha value is -5.16. The number of allylic oxidation sites excluding steroid dienone is 2. The van der Waals surface area contributed by atoms with Gasteiger partial charge in [-0.15, -0.1) is 6.58 Å². The standard InChI is InChI=1S/C34H36N4O6S/c1-5-12-25-17-24(18-28(41-4)32(25)44-20-23-13-8-7-9-14-23)19-35-38-29(39)21-43-27-16-11-10-15-26(27)31-30(33(40)42-6-2)22(3)36-34(45)37-31/h5,7-11,13-19,31H,1,6,12,20-21H2,2-4H3,(H,38,39)(H2,36,37,45)/t31-/m0/s1. The van der Waals surface area contributed by atoms with E-state index in [-0.39, 0.29) is 13.2 Å². The molecule has 0 bridgehead atoms. The molecule has 10 nitrogen and oxygen atoms in total. The molecule has 0 saturated carbocycles. The number of methoxy groups -OCH3 is 1. The number of carbonyl (C=O) groups is 2. The first-order valence-corrected chi connectivity index (χ1v) is 14.7. The number of rotatable bonds is 14. The Labute approximate surface area is 268 Å². The number of ether oxygens (including phenoxy) is 4. The number of nitrogens with one attached hydrogen (secondary N) is 3. The molecule has 11 heteroatoms. The molecule has 3 aromatic carbocycles. The molecule has 0 radical (unpaired) electrons. The van der Waals surface area contributed by atoms with Crippen LogP contribution in [0.25, 0.3) is 0 Å². The van der Waals surface area contributed by atoms with Crippen molar-refractivity contribution in [2.24, 2.45) is 5.10 Å². The maximum absolute atomic E-state index is 12.8. The van der Waals surface area contributed by atoms with Crippen LogP contribution >= 0.6 is 12.2 Å². The topological polar surface area (TPSA) is 120 Å². The number of benzene rings is 3. The van der Waals surface area contributed by atoms with E-state index in [1.165, 1.54) is 6.21 Å². The Morgan fingerprint density at radius 2 is 1.82 bits per heavy atom. The summed E-state index contributed by atoms with van der Waals surface area (Å²) in [4.78, 5) is 25.5. The van der Waals surface area contributed by atoms with E-state index in [0.717, 1.165) is 11.1 Å². The van der Waals surface area contributed by atoms with Crippen LogP contribution in [-0.2, 0) is 27.4 Å². The van der Waals surface area contributed by atoms with E-state index in [1.807, 2.05) is 42.5 Å². The fourth-order valence-electron chi connectivity index (χ4n) is 4.72. The highest BCUT2D eigenvalue weighted by Gasteiger charge is 2.32. The summed E-state index contributed by atoms with van der Waals surface area (Å²) in [6, 6.07) is 20.0. The number of amides is 1. The van der Waals surface area contributed by atoms with Crippen molar-refractivity contribution in [1.82, 2.24) is 16.1 Å². The molecule has 1 heterocycles. The molecule has 1 atom stereocenters. The monoisotopic (exact) mass is 628 g/mol. The SMILES string of the molecule is C=CCc1cc(C=NNC(=O)COc2ccccc2[C@@H]2NC(=S)NC(C)=C2C(=O)OCC)cc(OC)c1OCc1ccccc1. The second-order valence-electron chi connectivity index (χ2n) is 9.89. The quantitative estimate of drug-likeness (QED) is 0.0754. The molecule has 4 rings (SSSR count). The van der Waals surface area contributed by atoms with Crippen LogP contribution in [0.3, 0.4) is 0 Å². The number of esters is 1. The minimum Gasteiger partial charge on any atom is -0.493 e. The van der Waals surface area contributed by atoms with Crippen LogP contribution in [0.4, 0.5) is 0 Å². The Balaban J connectivity index is 1.43. The Kier molecular flexibility index (Phi) is 11.7. The van der Waals surface area contributed by atoms with Gasteiger partial charge in [0.2, 0.25) is 0 Å². The van der Waals surface area contributed by atoms with Gasteiger partial charge in [-0.05, 0) is 61.8 Å². The van der Waals surface area contributed by atoms with Gasteiger partial charge in [-0.2, -0.15) is 5.10 Å². The van der Waals surface area contributed by atoms with Gasteiger partial charge in [0, 0.05) is 16.8 Å².